The molecule has 0 bridgehead atoms. The fourth-order valence-electron chi connectivity index (χ4n) is 2.49. The summed E-state index contributed by atoms with van der Waals surface area (Å²) in [5.74, 6) is 1.76. The molecule has 1 aliphatic rings. The molecule has 1 amide bonds. The Morgan fingerprint density at radius 3 is 2.63 bits per heavy atom. The second kappa shape index (κ2) is 6.09. The number of amides is 1. The third kappa shape index (κ3) is 3.28. The lowest BCUT2D eigenvalue weighted by molar-refractivity contribution is 0.0697. The molecule has 0 N–H and O–H groups in total. The van der Waals surface area contributed by atoms with E-state index in [1.165, 1.54) is 0 Å². The van der Waals surface area contributed by atoms with Crippen LogP contribution in [0.5, 0.6) is 5.75 Å². The molecule has 3 nitrogen and oxygen atoms in total. The summed E-state index contributed by atoms with van der Waals surface area (Å²) in [5.41, 5.74) is 1.80. The van der Waals surface area contributed by atoms with Gasteiger partial charge in [0.25, 0.3) is 5.91 Å². The number of hydrogen-bond acceptors (Lipinski definition) is 2. The van der Waals surface area contributed by atoms with Crippen LogP contribution >= 0.6 is 0 Å². The van der Waals surface area contributed by atoms with E-state index in [1.807, 2.05) is 36.9 Å². The van der Waals surface area contributed by atoms with Gasteiger partial charge < -0.3 is 9.64 Å². The molecule has 1 aromatic carbocycles. The predicted octanol–water partition coefficient (Wildman–Crippen LogP) is 3.27. The SMILES string of the molecule is CCOc1ccc(C(=O)N2CCC(C)CC2)cc1C. The van der Waals surface area contributed by atoms with Crippen molar-refractivity contribution in [2.75, 3.05) is 19.7 Å². The first-order valence-corrected chi connectivity index (χ1v) is 7.14. The number of carbonyl (C=O) groups excluding carboxylic acids is 1. The summed E-state index contributed by atoms with van der Waals surface area (Å²) in [5, 5.41) is 0. The minimum Gasteiger partial charge on any atom is -0.494 e. The predicted molar refractivity (Wildman–Crippen MR) is 76.6 cm³/mol. The summed E-state index contributed by atoms with van der Waals surface area (Å²) in [6.45, 7) is 8.62. The van der Waals surface area contributed by atoms with Crippen LogP contribution in [0.3, 0.4) is 0 Å². The molecule has 0 spiro atoms. The van der Waals surface area contributed by atoms with Gasteiger partial charge in [0.1, 0.15) is 5.75 Å². The van der Waals surface area contributed by atoms with Gasteiger partial charge in [0, 0.05) is 18.7 Å². The minimum absolute atomic E-state index is 0.151. The lowest BCUT2D eigenvalue weighted by Crippen LogP contribution is -2.37. The van der Waals surface area contributed by atoms with Crippen LogP contribution in [0.1, 0.15) is 42.6 Å². The highest BCUT2D eigenvalue weighted by Crippen LogP contribution is 2.22. The van der Waals surface area contributed by atoms with Crippen molar-refractivity contribution < 1.29 is 9.53 Å². The molecule has 0 atom stereocenters. The maximum atomic E-state index is 12.4. The first-order valence-electron chi connectivity index (χ1n) is 7.14. The van der Waals surface area contributed by atoms with Crippen molar-refractivity contribution in [2.45, 2.75) is 33.6 Å². The molecule has 1 fully saturated rings. The zero-order valence-electron chi connectivity index (χ0n) is 12.1. The summed E-state index contributed by atoms with van der Waals surface area (Å²) in [6, 6.07) is 5.71. The zero-order chi connectivity index (χ0) is 13.8. The van der Waals surface area contributed by atoms with Crippen molar-refractivity contribution in [1.82, 2.24) is 4.90 Å². The highest BCUT2D eigenvalue weighted by Gasteiger charge is 2.21. The number of carbonyl (C=O) groups is 1. The molecular weight excluding hydrogens is 238 g/mol. The number of piperidine rings is 1. The highest BCUT2D eigenvalue weighted by atomic mass is 16.5. The summed E-state index contributed by atoms with van der Waals surface area (Å²) >= 11 is 0. The fraction of sp³-hybridized carbons (Fsp3) is 0.562. The lowest BCUT2D eigenvalue weighted by Gasteiger charge is -2.30. The van der Waals surface area contributed by atoms with Crippen LogP contribution in [0.2, 0.25) is 0 Å². The Morgan fingerprint density at radius 1 is 1.37 bits per heavy atom. The zero-order valence-corrected chi connectivity index (χ0v) is 12.1. The van der Waals surface area contributed by atoms with Crippen LogP contribution in [0, 0.1) is 12.8 Å². The number of nitrogens with zero attached hydrogens (tertiary/aromatic N) is 1. The number of ether oxygens (including phenoxy) is 1. The van der Waals surface area contributed by atoms with E-state index in [0.29, 0.717) is 6.61 Å². The smallest absolute Gasteiger partial charge is 0.253 e. The van der Waals surface area contributed by atoms with Crippen molar-refractivity contribution in [3.8, 4) is 5.75 Å². The molecule has 0 aliphatic carbocycles. The molecule has 1 aliphatic heterocycles. The third-order valence-corrected chi connectivity index (χ3v) is 3.79. The van der Waals surface area contributed by atoms with Gasteiger partial charge in [-0.05, 0) is 56.4 Å². The second-order valence-electron chi connectivity index (χ2n) is 5.39. The molecule has 1 heterocycles. The van der Waals surface area contributed by atoms with Crippen LogP contribution in [-0.4, -0.2) is 30.5 Å². The number of hydrogen-bond donors (Lipinski definition) is 0. The second-order valence-corrected chi connectivity index (χ2v) is 5.39. The largest absolute Gasteiger partial charge is 0.494 e. The Balaban J connectivity index is 2.09. The van der Waals surface area contributed by atoms with E-state index in [1.54, 1.807) is 0 Å². The fourth-order valence-corrected chi connectivity index (χ4v) is 2.49. The van der Waals surface area contributed by atoms with Crippen molar-refractivity contribution in [1.29, 1.82) is 0 Å². The van der Waals surface area contributed by atoms with Crippen LogP contribution in [0.25, 0.3) is 0 Å². The first-order chi connectivity index (χ1) is 9.11. The van der Waals surface area contributed by atoms with E-state index in [-0.39, 0.29) is 5.91 Å². The molecule has 1 aromatic rings. The molecule has 19 heavy (non-hydrogen) atoms. The monoisotopic (exact) mass is 261 g/mol. The average Bonchev–Trinajstić information content (AvgIpc) is 2.41. The molecular formula is C16H23NO2. The van der Waals surface area contributed by atoms with E-state index < -0.39 is 0 Å². The maximum absolute atomic E-state index is 12.4. The molecule has 2 rings (SSSR count). The third-order valence-electron chi connectivity index (χ3n) is 3.79. The van der Waals surface area contributed by atoms with Gasteiger partial charge in [-0.1, -0.05) is 6.92 Å². The van der Waals surface area contributed by atoms with E-state index in [0.717, 1.165) is 48.7 Å². The Bertz CT molecular complexity index is 448. The number of rotatable bonds is 3. The first kappa shape index (κ1) is 13.9. The molecule has 3 heteroatoms. The van der Waals surface area contributed by atoms with Gasteiger partial charge in [-0.2, -0.15) is 0 Å². The van der Waals surface area contributed by atoms with Crippen molar-refractivity contribution in [2.24, 2.45) is 5.92 Å². The topological polar surface area (TPSA) is 29.5 Å². The van der Waals surface area contributed by atoms with E-state index in [4.69, 9.17) is 4.74 Å². The van der Waals surface area contributed by atoms with Crippen molar-refractivity contribution in [3.63, 3.8) is 0 Å². The molecule has 1 saturated heterocycles. The molecule has 0 aromatic heterocycles. The summed E-state index contributed by atoms with van der Waals surface area (Å²) in [6.07, 6.45) is 2.23. The van der Waals surface area contributed by atoms with Gasteiger partial charge in [-0.15, -0.1) is 0 Å². The van der Waals surface area contributed by atoms with Crippen LogP contribution in [0.15, 0.2) is 18.2 Å². The number of aryl methyl sites for hydroxylation is 1. The Kier molecular flexibility index (Phi) is 4.46. The Labute approximate surface area is 115 Å². The molecule has 104 valence electrons. The summed E-state index contributed by atoms with van der Waals surface area (Å²) in [7, 11) is 0. The van der Waals surface area contributed by atoms with Gasteiger partial charge in [-0.3, -0.25) is 4.79 Å². The highest BCUT2D eigenvalue weighted by molar-refractivity contribution is 5.94. The quantitative estimate of drug-likeness (QED) is 0.835. The van der Waals surface area contributed by atoms with Gasteiger partial charge >= 0.3 is 0 Å². The summed E-state index contributed by atoms with van der Waals surface area (Å²) in [4.78, 5) is 14.4. The Morgan fingerprint density at radius 2 is 2.05 bits per heavy atom. The van der Waals surface area contributed by atoms with Crippen molar-refractivity contribution >= 4 is 5.91 Å². The number of likely N-dealkylation sites (tertiary alicyclic amines) is 1. The van der Waals surface area contributed by atoms with Gasteiger partial charge in [0.15, 0.2) is 0 Å². The van der Waals surface area contributed by atoms with E-state index in [2.05, 4.69) is 6.92 Å². The standard InChI is InChI=1S/C16H23NO2/c1-4-19-15-6-5-14(11-13(15)3)16(18)17-9-7-12(2)8-10-17/h5-6,11-12H,4,7-10H2,1-3H3. The van der Waals surface area contributed by atoms with Crippen LogP contribution < -0.4 is 4.74 Å². The summed E-state index contributed by atoms with van der Waals surface area (Å²) < 4.78 is 5.51. The minimum atomic E-state index is 0.151. The molecule has 0 saturated carbocycles. The lowest BCUT2D eigenvalue weighted by atomic mass is 9.98. The molecule has 0 radical (unpaired) electrons. The maximum Gasteiger partial charge on any atom is 0.253 e. The van der Waals surface area contributed by atoms with Crippen LogP contribution in [-0.2, 0) is 0 Å². The van der Waals surface area contributed by atoms with Gasteiger partial charge in [-0.25, -0.2) is 0 Å². The van der Waals surface area contributed by atoms with E-state index >= 15 is 0 Å². The van der Waals surface area contributed by atoms with Gasteiger partial charge in [0.2, 0.25) is 0 Å². The Hall–Kier alpha value is -1.51. The molecule has 0 unspecified atom stereocenters. The van der Waals surface area contributed by atoms with Gasteiger partial charge in [0.05, 0.1) is 6.61 Å². The van der Waals surface area contributed by atoms with E-state index in [9.17, 15) is 4.79 Å². The normalized spacial score (nSPS) is 16.5. The number of benzene rings is 1. The average molecular weight is 261 g/mol. The van der Waals surface area contributed by atoms with Crippen LogP contribution in [0.4, 0.5) is 0 Å². The van der Waals surface area contributed by atoms with Crippen molar-refractivity contribution in [3.05, 3.63) is 29.3 Å².